The number of rotatable bonds is 9. The van der Waals surface area contributed by atoms with E-state index in [1.165, 1.54) is 12.1 Å². The second kappa shape index (κ2) is 10.6. The summed E-state index contributed by atoms with van der Waals surface area (Å²) >= 11 is 0. The van der Waals surface area contributed by atoms with Gasteiger partial charge >= 0.3 is 0 Å². The number of fused-ring (bicyclic) bond motifs is 1. The van der Waals surface area contributed by atoms with Crippen molar-refractivity contribution in [1.82, 2.24) is 24.5 Å². The van der Waals surface area contributed by atoms with E-state index in [1.54, 1.807) is 29.2 Å². The van der Waals surface area contributed by atoms with Gasteiger partial charge < -0.3 is 20.3 Å². The molecule has 9 nitrogen and oxygen atoms in total. The monoisotopic (exact) mass is 494 g/mol. The number of aliphatic hydroxyl groups excluding tert-OH is 2. The molecule has 1 aliphatic rings. The average molecular weight is 495 g/mol. The predicted octanol–water partition coefficient (Wildman–Crippen LogP) is 3.95. The largest absolute Gasteiger partial charge is 0.490 e. The molecule has 0 saturated heterocycles. The van der Waals surface area contributed by atoms with E-state index in [-0.39, 0.29) is 31.2 Å². The molecule has 3 heterocycles. The first-order valence-electron chi connectivity index (χ1n) is 12.4. The van der Waals surface area contributed by atoms with Gasteiger partial charge in [0, 0.05) is 36.0 Å². The second-order valence-corrected chi connectivity index (χ2v) is 9.14. The van der Waals surface area contributed by atoms with Crippen LogP contribution in [0.15, 0.2) is 48.9 Å². The molecule has 10 heteroatoms. The van der Waals surface area contributed by atoms with Gasteiger partial charge in [0.1, 0.15) is 23.1 Å². The Morgan fingerprint density at radius 2 is 1.86 bits per heavy atom. The number of aromatic nitrogens is 5. The van der Waals surface area contributed by atoms with Crippen molar-refractivity contribution in [3.05, 3.63) is 54.7 Å². The SMILES string of the molecule is CCNc1cc2c(cn1)c(-c1cnn(C(CO)CO)c1)nn2C1CCC(Oc2ccc(F)cc2)CC1. The Morgan fingerprint density at radius 3 is 2.56 bits per heavy atom. The summed E-state index contributed by atoms with van der Waals surface area (Å²) in [5, 5.41) is 32.6. The van der Waals surface area contributed by atoms with Gasteiger partial charge in [0.15, 0.2) is 0 Å². The summed E-state index contributed by atoms with van der Waals surface area (Å²) in [5.41, 5.74) is 2.57. The van der Waals surface area contributed by atoms with Crippen LogP contribution in [0.3, 0.4) is 0 Å². The summed E-state index contributed by atoms with van der Waals surface area (Å²) < 4.78 is 23.0. The first-order valence-corrected chi connectivity index (χ1v) is 12.4. The van der Waals surface area contributed by atoms with Crippen LogP contribution in [0, 0.1) is 5.82 Å². The van der Waals surface area contributed by atoms with Crippen LogP contribution in [0.1, 0.15) is 44.7 Å². The number of aliphatic hydroxyl groups is 2. The zero-order valence-electron chi connectivity index (χ0n) is 20.2. The third kappa shape index (κ3) is 4.91. The van der Waals surface area contributed by atoms with Crippen LogP contribution in [0.5, 0.6) is 5.75 Å². The Bertz CT molecular complexity index is 1290. The van der Waals surface area contributed by atoms with Gasteiger partial charge in [0.25, 0.3) is 0 Å². The van der Waals surface area contributed by atoms with Gasteiger partial charge in [0.05, 0.1) is 43.1 Å². The van der Waals surface area contributed by atoms with Crippen LogP contribution in [0.25, 0.3) is 22.2 Å². The molecular formula is C26H31FN6O3. The Kier molecular flexibility index (Phi) is 7.15. The lowest BCUT2D eigenvalue weighted by atomic mass is 9.93. The van der Waals surface area contributed by atoms with Crippen molar-refractivity contribution < 1.29 is 19.3 Å². The van der Waals surface area contributed by atoms with Gasteiger partial charge in [-0.05, 0) is 56.9 Å². The Morgan fingerprint density at radius 1 is 1.11 bits per heavy atom. The van der Waals surface area contributed by atoms with E-state index in [9.17, 15) is 14.6 Å². The maximum absolute atomic E-state index is 13.2. The number of hydrogen-bond acceptors (Lipinski definition) is 7. The standard InChI is InChI=1S/C26H31FN6O3/c1-2-28-25-11-24-23(13-29-25)26(17-12-30-32(14-17)20(15-34)16-35)31-33(24)19-5-9-22(10-6-19)36-21-7-3-18(27)4-8-21/h3-4,7-8,11-14,19-20,22,34-35H,2,5-6,9-10,15-16H2,1H3,(H,28,29). The van der Waals surface area contributed by atoms with Crippen LogP contribution in [-0.4, -0.2) is 60.6 Å². The molecular weight excluding hydrogens is 463 g/mol. The fourth-order valence-electron chi connectivity index (χ4n) is 4.80. The van der Waals surface area contributed by atoms with Gasteiger partial charge in [-0.3, -0.25) is 9.36 Å². The third-order valence-corrected chi connectivity index (χ3v) is 6.73. The van der Waals surface area contributed by atoms with E-state index >= 15 is 0 Å². The number of nitrogens with one attached hydrogen (secondary N) is 1. The van der Waals surface area contributed by atoms with E-state index in [4.69, 9.17) is 9.84 Å². The molecule has 0 amide bonds. The number of hydrogen-bond donors (Lipinski definition) is 3. The lowest BCUT2D eigenvalue weighted by molar-refractivity contribution is 0.131. The normalized spacial score (nSPS) is 18.1. The van der Waals surface area contributed by atoms with Crippen LogP contribution in [0.4, 0.5) is 10.2 Å². The van der Waals surface area contributed by atoms with Crippen LogP contribution in [-0.2, 0) is 0 Å². The lowest BCUT2D eigenvalue weighted by Gasteiger charge is -2.29. The summed E-state index contributed by atoms with van der Waals surface area (Å²) in [7, 11) is 0. The van der Waals surface area contributed by atoms with E-state index in [2.05, 4.69) is 20.1 Å². The van der Waals surface area contributed by atoms with Crippen molar-refractivity contribution in [2.45, 2.75) is 50.8 Å². The molecule has 0 atom stereocenters. The zero-order chi connectivity index (χ0) is 25.1. The average Bonchev–Trinajstić information content (AvgIpc) is 3.52. The van der Waals surface area contributed by atoms with Gasteiger partial charge in [-0.1, -0.05) is 0 Å². The topological polar surface area (TPSA) is 110 Å². The van der Waals surface area contributed by atoms with E-state index in [1.807, 2.05) is 19.2 Å². The zero-order valence-corrected chi connectivity index (χ0v) is 20.2. The second-order valence-electron chi connectivity index (χ2n) is 9.14. The summed E-state index contributed by atoms with van der Waals surface area (Å²) in [6.45, 7) is 2.39. The van der Waals surface area contributed by atoms with Crippen molar-refractivity contribution in [2.75, 3.05) is 25.1 Å². The molecule has 0 radical (unpaired) electrons. The number of halogens is 1. The van der Waals surface area contributed by atoms with Crippen molar-refractivity contribution >= 4 is 16.7 Å². The fourth-order valence-corrected chi connectivity index (χ4v) is 4.80. The molecule has 1 saturated carbocycles. The predicted molar refractivity (Wildman–Crippen MR) is 134 cm³/mol. The molecule has 190 valence electrons. The number of ether oxygens (including phenoxy) is 1. The minimum Gasteiger partial charge on any atom is -0.490 e. The van der Waals surface area contributed by atoms with Crippen molar-refractivity contribution in [3.8, 4) is 17.0 Å². The molecule has 3 N–H and O–H groups in total. The van der Waals surface area contributed by atoms with Crippen LogP contribution < -0.4 is 10.1 Å². The first-order chi connectivity index (χ1) is 17.6. The van der Waals surface area contributed by atoms with E-state index in [0.29, 0.717) is 5.75 Å². The number of pyridine rings is 1. The summed E-state index contributed by atoms with van der Waals surface area (Å²) in [4.78, 5) is 4.56. The van der Waals surface area contributed by atoms with Gasteiger partial charge in [-0.25, -0.2) is 9.37 Å². The van der Waals surface area contributed by atoms with E-state index < -0.39 is 6.04 Å². The molecule has 4 aromatic rings. The number of anilines is 1. The molecule has 0 aliphatic heterocycles. The van der Waals surface area contributed by atoms with E-state index in [0.717, 1.165) is 60.2 Å². The maximum atomic E-state index is 13.2. The Labute approximate surface area is 208 Å². The summed E-state index contributed by atoms with van der Waals surface area (Å²) in [6, 6.07) is 7.90. The quantitative estimate of drug-likeness (QED) is 0.323. The molecule has 0 spiro atoms. The van der Waals surface area contributed by atoms with Crippen molar-refractivity contribution in [1.29, 1.82) is 0 Å². The molecule has 1 fully saturated rings. The maximum Gasteiger partial charge on any atom is 0.128 e. The van der Waals surface area contributed by atoms with Crippen LogP contribution >= 0.6 is 0 Å². The minimum absolute atomic E-state index is 0.0825. The molecule has 36 heavy (non-hydrogen) atoms. The molecule has 0 unspecified atom stereocenters. The van der Waals surface area contributed by atoms with Crippen molar-refractivity contribution in [2.24, 2.45) is 0 Å². The van der Waals surface area contributed by atoms with Crippen LogP contribution in [0.2, 0.25) is 0 Å². The molecule has 5 rings (SSSR count). The fraction of sp³-hybridized carbons (Fsp3) is 0.423. The molecule has 1 aromatic carbocycles. The Balaban J connectivity index is 1.41. The smallest absolute Gasteiger partial charge is 0.128 e. The highest BCUT2D eigenvalue weighted by Gasteiger charge is 2.27. The number of benzene rings is 1. The highest BCUT2D eigenvalue weighted by atomic mass is 19.1. The highest BCUT2D eigenvalue weighted by Crippen LogP contribution is 2.36. The van der Waals surface area contributed by atoms with Gasteiger partial charge in [0.2, 0.25) is 0 Å². The first kappa shape index (κ1) is 24.2. The van der Waals surface area contributed by atoms with Crippen molar-refractivity contribution in [3.63, 3.8) is 0 Å². The van der Waals surface area contributed by atoms with Gasteiger partial charge in [-0.2, -0.15) is 10.2 Å². The minimum atomic E-state index is -0.498. The van der Waals surface area contributed by atoms with Gasteiger partial charge in [-0.15, -0.1) is 0 Å². The summed E-state index contributed by atoms with van der Waals surface area (Å²) in [5.74, 6) is 1.21. The molecule has 3 aromatic heterocycles. The Hall–Kier alpha value is -3.50. The summed E-state index contributed by atoms with van der Waals surface area (Å²) in [6.07, 6.45) is 8.97. The third-order valence-electron chi connectivity index (χ3n) is 6.73. The number of nitrogens with zero attached hydrogens (tertiary/aromatic N) is 5. The highest BCUT2D eigenvalue weighted by molar-refractivity contribution is 5.93. The molecule has 1 aliphatic carbocycles. The lowest BCUT2D eigenvalue weighted by Crippen LogP contribution is -2.26. The molecule has 0 bridgehead atoms.